The third kappa shape index (κ3) is 2.70. The van der Waals surface area contributed by atoms with Crippen molar-refractivity contribution in [1.29, 1.82) is 0 Å². The summed E-state index contributed by atoms with van der Waals surface area (Å²) in [4.78, 5) is 14.5. The molecular weight excluding hydrogens is 212 g/mol. The van der Waals surface area contributed by atoms with Crippen molar-refractivity contribution in [1.82, 2.24) is 9.80 Å². The summed E-state index contributed by atoms with van der Waals surface area (Å²) >= 11 is 1.70. The van der Waals surface area contributed by atoms with Crippen molar-refractivity contribution in [3.63, 3.8) is 0 Å². The molecule has 2 rings (SSSR count). The zero-order valence-corrected chi connectivity index (χ0v) is 9.24. The third-order valence-corrected chi connectivity index (χ3v) is 3.36. The first-order valence-electron chi connectivity index (χ1n) is 4.97. The molecule has 0 radical (unpaired) electrons. The predicted octanol–water partition coefficient (Wildman–Crippen LogP) is 1.54. The van der Waals surface area contributed by atoms with E-state index >= 15 is 0 Å². The molecule has 0 aromatic carbocycles. The minimum atomic E-state index is -0.801. The smallest absolute Gasteiger partial charge is 0.407 e. The number of thiophene rings is 1. The van der Waals surface area contributed by atoms with Gasteiger partial charge in [0.25, 0.3) is 0 Å². The molecule has 0 aliphatic carbocycles. The Morgan fingerprint density at radius 3 is 2.67 bits per heavy atom. The molecule has 0 unspecified atom stereocenters. The molecule has 2 heterocycles. The van der Waals surface area contributed by atoms with Gasteiger partial charge in [-0.3, -0.25) is 4.90 Å². The molecule has 1 aromatic rings. The molecule has 4 nitrogen and oxygen atoms in total. The largest absolute Gasteiger partial charge is 0.465 e. The lowest BCUT2D eigenvalue weighted by atomic mass is 10.2. The van der Waals surface area contributed by atoms with Gasteiger partial charge in [0.15, 0.2) is 0 Å². The number of nitrogens with zero attached hydrogens (tertiary/aromatic N) is 2. The van der Waals surface area contributed by atoms with E-state index in [0.29, 0.717) is 13.1 Å². The van der Waals surface area contributed by atoms with E-state index in [-0.39, 0.29) is 0 Å². The minimum Gasteiger partial charge on any atom is -0.465 e. The van der Waals surface area contributed by atoms with Crippen LogP contribution < -0.4 is 0 Å². The molecule has 1 saturated heterocycles. The molecule has 0 saturated carbocycles. The van der Waals surface area contributed by atoms with Gasteiger partial charge in [-0.15, -0.1) is 0 Å². The normalized spacial score (nSPS) is 18.0. The van der Waals surface area contributed by atoms with Crippen LogP contribution in [0.1, 0.15) is 5.56 Å². The van der Waals surface area contributed by atoms with E-state index in [4.69, 9.17) is 5.11 Å². The van der Waals surface area contributed by atoms with Gasteiger partial charge in [0.2, 0.25) is 0 Å². The predicted molar refractivity (Wildman–Crippen MR) is 59.2 cm³/mol. The number of hydrogen-bond donors (Lipinski definition) is 1. The second-order valence-corrected chi connectivity index (χ2v) is 4.46. The van der Waals surface area contributed by atoms with Crippen LogP contribution in [0.25, 0.3) is 0 Å². The van der Waals surface area contributed by atoms with Crippen molar-refractivity contribution in [3.05, 3.63) is 22.4 Å². The molecule has 1 N–H and O–H groups in total. The van der Waals surface area contributed by atoms with Crippen LogP contribution in [0.5, 0.6) is 0 Å². The number of hydrogen-bond acceptors (Lipinski definition) is 3. The Morgan fingerprint density at radius 2 is 2.13 bits per heavy atom. The zero-order chi connectivity index (χ0) is 10.7. The van der Waals surface area contributed by atoms with Gasteiger partial charge >= 0.3 is 6.09 Å². The number of piperazine rings is 1. The van der Waals surface area contributed by atoms with E-state index in [1.807, 2.05) is 0 Å². The van der Waals surface area contributed by atoms with E-state index < -0.39 is 6.09 Å². The molecule has 1 fully saturated rings. The lowest BCUT2D eigenvalue weighted by molar-refractivity contribution is 0.103. The Hall–Kier alpha value is -1.07. The van der Waals surface area contributed by atoms with Crippen LogP contribution in [-0.4, -0.2) is 47.2 Å². The number of amides is 1. The zero-order valence-electron chi connectivity index (χ0n) is 8.43. The van der Waals surface area contributed by atoms with Crippen molar-refractivity contribution >= 4 is 17.4 Å². The molecule has 15 heavy (non-hydrogen) atoms. The summed E-state index contributed by atoms with van der Waals surface area (Å²) in [5, 5.41) is 13.0. The molecule has 82 valence electrons. The van der Waals surface area contributed by atoms with Gasteiger partial charge in [-0.2, -0.15) is 11.3 Å². The first-order chi connectivity index (χ1) is 7.25. The highest BCUT2D eigenvalue weighted by atomic mass is 32.1. The molecule has 0 bridgehead atoms. The Kier molecular flexibility index (Phi) is 3.23. The molecule has 0 spiro atoms. The second kappa shape index (κ2) is 4.63. The Labute approximate surface area is 92.7 Å². The average molecular weight is 226 g/mol. The topological polar surface area (TPSA) is 43.8 Å². The van der Waals surface area contributed by atoms with Crippen molar-refractivity contribution in [2.24, 2.45) is 0 Å². The van der Waals surface area contributed by atoms with Crippen LogP contribution in [0.4, 0.5) is 4.79 Å². The molecule has 1 amide bonds. The van der Waals surface area contributed by atoms with Gasteiger partial charge < -0.3 is 10.0 Å². The maximum absolute atomic E-state index is 10.7. The van der Waals surface area contributed by atoms with Gasteiger partial charge in [-0.25, -0.2) is 4.79 Å². The molecule has 1 aromatic heterocycles. The second-order valence-electron chi connectivity index (χ2n) is 3.68. The highest BCUT2D eigenvalue weighted by Crippen LogP contribution is 2.11. The fourth-order valence-corrected chi connectivity index (χ4v) is 2.40. The first kappa shape index (κ1) is 10.4. The van der Waals surface area contributed by atoms with Crippen LogP contribution in [0.2, 0.25) is 0 Å². The number of carbonyl (C=O) groups is 1. The van der Waals surface area contributed by atoms with E-state index in [1.54, 1.807) is 11.3 Å². The highest BCUT2D eigenvalue weighted by molar-refractivity contribution is 7.07. The molecule has 0 atom stereocenters. The van der Waals surface area contributed by atoms with Crippen molar-refractivity contribution < 1.29 is 9.90 Å². The summed E-state index contributed by atoms with van der Waals surface area (Å²) in [5.74, 6) is 0. The van der Waals surface area contributed by atoms with Crippen LogP contribution >= 0.6 is 11.3 Å². The Balaban J connectivity index is 1.81. The summed E-state index contributed by atoms with van der Waals surface area (Å²) in [6.07, 6.45) is -0.801. The van der Waals surface area contributed by atoms with E-state index in [1.165, 1.54) is 10.5 Å². The quantitative estimate of drug-likeness (QED) is 0.832. The minimum absolute atomic E-state index is 0.624. The van der Waals surface area contributed by atoms with Crippen LogP contribution in [0, 0.1) is 0 Å². The van der Waals surface area contributed by atoms with Crippen molar-refractivity contribution in [2.75, 3.05) is 26.2 Å². The molecule has 1 aliphatic rings. The summed E-state index contributed by atoms with van der Waals surface area (Å²) < 4.78 is 0. The van der Waals surface area contributed by atoms with Gasteiger partial charge in [0.1, 0.15) is 0 Å². The van der Waals surface area contributed by atoms with E-state index in [2.05, 4.69) is 21.7 Å². The number of carboxylic acid groups (broad SMARTS) is 1. The lowest BCUT2D eigenvalue weighted by Crippen LogP contribution is -2.47. The summed E-state index contributed by atoms with van der Waals surface area (Å²) in [6.45, 7) is 3.86. The molecule has 5 heteroatoms. The van der Waals surface area contributed by atoms with Crippen molar-refractivity contribution in [2.45, 2.75) is 6.54 Å². The number of rotatable bonds is 2. The fourth-order valence-electron chi connectivity index (χ4n) is 1.74. The van der Waals surface area contributed by atoms with Crippen LogP contribution in [0.15, 0.2) is 16.8 Å². The SMILES string of the molecule is O=C(O)N1CCN(Cc2ccsc2)CC1. The van der Waals surface area contributed by atoms with Gasteiger partial charge in [0, 0.05) is 32.7 Å². The van der Waals surface area contributed by atoms with Crippen LogP contribution in [-0.2, 0) is 6.54 Å². The monoisotopic (exact) mass is 226 g/mol. The van der Waals surface area contributed by atoms with Gasteiger partial charge in [-0.05, 0) is 22.4 Å². The van der Waals surface area contributed by atoms with Gasteiger partial charge in [0.05, 0.1) is 0 Å². The van der Waals surface area contributed by atoms with Gasteiger partial charge in [-0.1, -0.05) is 0 Å². The maximum Gasteiger partial charge on any atom is 0.407 e. The van der Waals surface area contributed by atoms with Crippen LogP contribution in [0.3, 0.4) is 0 Å². The lowest BCUT2D eigenvalue weighted by Gasteiger charge is -2.32. The van der Waals surface area contributed by atoms with E-state index in [9.17, 15) is 4.79 Å². The standard InChI is InChI=1S/C10H14N2O2S/c13-10(14)12-4-2-11(3-5-12)7-9-1-6-15-8-9/h1,6,8H,2-5,7H2,(H,13,14). The summed E-state index contributed by atoms with van der Waals surface area (Å²) in [7, 11) is 0. The highest BCUT2D eigenvalue weighted by Gasteiger charge is 2.19. The maximum atomic E-state index is 10.7. The third-order valence-electron chi connectivity index (χ3n) is 2.63. The fraction of sp³-hybridized carbons (Fsp3) is 0.500. The molecule has 1 aliphatic heterocycles. The van der Waals surface area contributed by atoms with Crippen molar-refractivity contribution in [3.8, 4) is 0 Å². The summed E-state index contributed by atoms with van der Waals surface area (Å²) in [6, 6.07) is 2.12. The Bertz CT molecular complexity index is 318. The molecular formula is C10H14N2O2S. The Morgan fingerprint density at radius 1 is 1.40 bits per heavy atom. The van der Waals surface area contributed by atoms with E-state index in [0.717, 1.165) is 19.6 Å². The first-order valence-corrected chi connectivity index (χ1v) is 5.91. The summed E-state index contributed by atoms with van der Waals surface area (Å²) in [5.41, 5.74) is 1.32. The average Bonchev–Trinajstić information content (AvgIpc) is 2.71.